The molecule has 1 aromatic heterocycles. The van der Waals surface area contributed by atoms with Gasteiger partial charge in [0, 0.05) is 17.0 Å². The minimum absolute atomic E-state index is 0.0292. The second-order valence-corrected chi connectivity index (χ2v) is 4.16. The van der Waals surface area contributed by atoms with Gasteiger partial charge in [0.1, 0.15) is 5.58 Å². The molecule has 0 aliphatic carbocycles. The number of hydrogen-bond acceptors (Lipinski definition) is 2. The van der Waals surface area contributed by atoms with Crippen molar-refractivity contribution in [2.45, 2.75) is 26.3 Å². The first-order chi connectivity index (χ1) is 7.66. The van der Waals surface area contributed by atoms with Crippen molar-refractivity contribution in [1.82, 2.24) is 5.32 Å². The Hall–Kier alpha value is -1.77. The fourth-order valence-corrected chi connectivity index (χ4v) is 1.72. The molecule has 0 bridgehead atoms. The van der Waals surface area contributed by atoms with E-state index in [1.807, 2.05) is 38.1 Å². The van der Waals surface area contributed by atoms with Crippen LogP contribution >= 0.6 is 0 Å². The third-order valence-electron chi connectivity index (χ3n) is 2.36. The Morgan fingerprint density at radius 1 is 1.38 bits per heavy atom. The number of hydrogen-bond donors (Lipinski definition) is 1. The molecule has 0 unspecified atom stereocenters. The van der Waals surface area contributed by atoms with Gasteiger partial charge in [-0.1, -0.05) is 18.2 Å². The molecule has 1 aromatic carbocycles. The summed E-state index contributed by atoms with van der Waals surface area (Å²) in [7, 11) is 0. The molecule has 3 nitrogen and oxygen atoms in total. The highest BCUT2D eigenvalue weighted by Gasteiger charge is 2.10. The predicted molar refractivity (Wildman–Crippen MR) is 63.2 cm³/mol. The minimum atomic E-state index is 0.0292. The smallest absolute Gasteiger partial charge is 0.224 e. The van der Waals surface area contributed by atoms with Gasteiger partial charge in [0.2, 0.25) is 5.91 Å². The third-order valence-corrected chi connectivity index (χ3v) is 2.36. The SMILES string of the molecule is CC(C)NC(=O)Cc1coc2ccccc12. The lowest BCUT2D eigenvalue weighted by Gasteiger charge is -2.06. The first-order valence-corrected chi connectivity index (χ1v) is 5.41. The van der Waals surface area contributed by atoms with Crippen LogP contribution in [0.25, 0.3) is 11.0 Å². The lowest BCUT2D eigenvalue weighted by atomic mass is 10.1. The number of furan rings is 1. The first-order valence-electron chi connectivity index (χ1n) is 5.41. The monoisotopic (exact) mass is 217 g/mol. The van der Waals surface area contributed by atoms with Crippen molar-refractivity contribution in [3.05, 3.63) is 36.1 Å². The van der Waals surface area contributed by atoms with Crippen molar-refractivity contribution in [2.24, 2.45) is 0 Å². The largest absolute Gasteiger partial charge is 0.464 e. The molecule has 0 aliphatic heterocycles. The maximum Gasteiger partial charge on any atom is 0.224 e. The summed E-state index contributed by atoms with van der Waals surface area (Å²) in [4.78, 5) is 11.6. The molecule has 1 amide bonds. The molecule has 0 atom stereocenters. The van der Waals surface area contributed by atoms with Gasteiger partial charge in [0.15, 0.2) is 0 Å². The Bertz CT molecular complexity index is 499. The van der Waals surface area contributed by atoms with E-state index in [1.54, 1.807) is 6.26 Å². The summed E-state index contributed by atoms with van der Waals surface area (Å²) in [6.07, 6.45) is 2.03. The highest BCUT2D eigenvalue weighted by molar-refractivity contribution is 5.87. The van der Waals surface area contributed by atoms with E-state index in [2.05, 4.69) is 5.32 Å². The van der Waals surface area contributed by atoms with Crippen LogP contribution in [-0.4, -0.2) is 11.9 Å². The second kappa shape index (κ2) is 4.39. The van der Waals surface area contributed by atoms with Gasteiger partial charge >= 0.3 is 0 Å². The number of carbonyl (C=O) groups excluding carboxylic acids is 1. The molecular weight excluding hydrogens is 202 g/mol. The summed E-state index contributed by atoms with van der Waals surface area (Å²) in [6, 6.07) is 7.91. The molecule has 0 spiro atoms. The topological polar surface area (TPSA) is 42.2 Å². The van der Waals surface area contributed by atoms with Crippen LogP contribution in [0.15, 0.2) is 34.9 Å². The fourth-order valence-electron chi connectivity index (χ4n) is 1.72. The Morgan fingerprint density at radius 2 is 2.12 bits per heavy atom. The molecule has 84 valence electrons. The zero-order valence-corrected chi connectivity index (χ0v) is 9.49. The zero-order chi connectivity index (χ0) is 11.5. The highest BCUT2D eigenvalue weighted by Crippen LogP contribution is 2.20. The predicted octanol–water partition coefficient (Wildman–Crippen LogP) is 2.50. The van der Waals surface area contributed by atoms with Crippen molar-refractivity contribution in [2.75, 3.05) is 0 Å². The molecule has 2 rings (SSSR count). The molecule has 16 heavy (non-hydrogen) atoms. The van der Waals surface area contributed by atoms with Gasteiger partial charge in [-0.25, -0.2) is 0 Å². The Balaban J connectivity index is 2.18. The van der Waals surface area contributed by atoms with Crippen LogP contribution < -0.4 is 5.32 Å². The van der Waals surface area contributed by atoms with Gasteiger partial charge in [-0.3, -0.25) is 4.79 Å². The van der Waals surface area contributed by atoms with Gasteiger partial charge in [-0.2, -0.15) is 0 Å². The van der Waals surface area contributed by atoms with E-state index < -0.39 is 0 Å². The highest BCUT2D eigenvalue weighted by atomic mass is 16.3. The number of para-hydroxylation sites is 1. The average Bonchev–Trinajstić information content (AvgIpc) is 2.61. The first kappa shape index (κ1) is 10.7. The fraction of sp³-hybridized carbons (Fsp3) is 0.308. The van der Waals surface area contributed by atoms with Crippen molar-refractivity contribution < 1.29 is 9.21 Å². The van der Waals surface area contributed by atoms with Crippen LogP contribution in [0.2, 0.25) is 0 Å². The van der Waals surface area contributed by atoms with Crippen LogP contribution in [0.5, 0.6) is 0 Å². The quantitative estimate of drug-likeness (QED) is 0.858. The van der Waals surface area contributed by atoms with Crippen molar-refractivity contribution >= 4 is 16.9 Å². The summed E-state index contributed by atoms with van der Waals surface area (Å²) < 4.78 is 5.37. The Morgan fingerprint density at radius 3 is 2.88 bits per heavy atom. The van der Waals surface area contributed by atoms with Crippen LogP contribution in [0.4, 0.5) is 0 Å². The van der Waals surface area contributed by atoms with Crippen LogP contribution in [-0.2, 0) is 11.2 Å². The van der Waals surface area contributed by atoms with Gasteiger partial charge < -0.3 is 9.73 Å². The van der Waals surface area contributed by atoms with E-state index in [9.17, 15) is 4.79 Å². The lowest BCUT2D eigenvalue weighted by molar-refractivity contribution is -0.120. The number of rotatable bonds is 3. The van der Waals surface area contributed by atoms with E-state index in [1.165, 1.54) is 0 Å². The van der Waals surface area contributed by atoms with Gasteiger partial charge in [-0.05, 0) is 19.9 Å². The summed E-state index contributed by atoms with van der Waals surface area (Å²) in [5.74, 6) is 0.0292. The molecule has 0 radical (unpaired) electrons. The van der Waals surface area contributed by atoms with E-state index >= 15 is 0 Å². The van der Waals surface area contributed by atoms with E-state index in [-0.39, 0.29) is 11.9 Å². The number of nitrogens with one attached hydrogen (secondary N) is 1. The summed E-state index contributed by atoms with van der Waals surface area (Å²) in [6.45, 7) is 3.90. The van der Waals surface area contributed by atoms with E-state index in [4.69, 9.17) is 4.42 Å². The molecule has 0 saturated heterocycles. The number of carbonyl (C=O) groups is 1. The van der Waals surface area contributed by atoms with Crippen molar-refractivity contribution in [3.63, 3.8) is 0 Å². The van der Waals surface area contributed by atoms with Crippen molar-refractivity contribution in [1.29, 1.82) is 0 Å². The molecule has 1 heterocycles. The molecule has 1 N–H and O–H groups in total. The Labute approximate surface area is 94.4 Å². The average molecular weight is 217 g/mol. The maximum absolute atomic E-state index is 11.6. The molecule has 2 aromatic rings. The van der Waals surface area contributed by atoms with E-state index in [0.29, 0.717) is 6.42 Å². The molecular formula is C13H15NO2. The van der Waals surface area contributed by atoms with E-state index in [0.717, 1.165) is 16.5 Å². The number of fused-ring (bicyclic) bond motifs is 1. The van der Waals surface area contributed by atoms with Gasteiger partial charge in [-0.15, -0.1) is 0 Å². The summed E-state index contributed by atoms with van der Waals surface area (Å²) in [5.41, 5.74) is 1.77. The number of benzene rings is 1. The van der Waals surface area contributed by atoms with Gasteiger partial charge in [0.05, 0.1) is 12.7 Å². The summed E-state index contributed by atoms with van der Waals surface area (Å²) >= 11 is 0. The van der Waals surface area contributed by atoms with Crippen LogP contribution in [0.3, 0.4) is 0 Å². The third kappa shape index (κ3) is 2.24. The molecule has 3 heteroatoms. The molecule has 0 saturated carbocycles. The van der Waals surface area contributed by atoms with Crippen molar-refractivity contribution in [3.8, 4) is 0 Å². The Kier molecular flexibility index (Phi) is 2.95. The maximum atomic E-state index is 11.6. The lowest BCUT2D eigenvalue weighted by Crippen LogP contribution is -2.31. The van der Waals surface area contributed by atoms with Crippen LogP contribution in [0, 0.1) is 0 Å². The van der Waals surface area contributed by atoms with Gasteiger partial charge in [0.25, 0.3) is 0 Å². The van der Waals surface area contributed by atoms with Crippen LogP contribution in [0.1, 0.15) is 19.4 Å². The molecule has 0 aliphatic rings. The second-order valence-electron chi connectivity index (χ2n) is 4.16. The number of amides is 1. The molecule has 0 fully saturated rings. The standard InChI is InChI=1S/C13H15NO2/c1-9(2)14-13(15)7-10-8-16-12-6-4-3-5-11(10)12/h3-6,8-9H,7H2,1-2H3,(H,14,15). The summed E-state index contributed by atoms with van der Waals surface area (Å²) in [5, 5.41) is 3.88. The zero-order valence-electron chi connectivity index (χ0n) is 9.49. The minimum Gasteiger partial charge on any atom is -0.464 e. The normalized spacial score (nSPS) is 10.9.